The van der Waals surface area contributed by atoms with E-state index in [1.807, 2.05) is 37.3 Å². The van der Waals surface area contributed by atoms with Crippen molar-refractivity contribution in [1.29, 1.82) is 0 Å². The molecule has 3 aromatic carbocycles. The quantitative estimate of drug-likeness (QED) is 0.276. The van der Waals surface area contributed by atoms with Crippen molar-refractivity contribution in [2.45, 2.75) is 69.4 Å². The van der Waals surface area contributed by atoms with E-state index in [0.717, 1.165) is 47.5 Å². The number of halogens is 1. The molecule has 8 nitrogen and oxygen atoms in total. The lowest BCUT2D eigenvalue weighted by Gasteiger charge is -2.33. The number of sulfonamides is 1. The van der Waals surface area contributed by atoms with Crippen molar-refractivity contribution in [3.8, 4) is 5.75 Å². The summed E-state index contributed by atoms with van der Waals surface area (Å²) in [4.78, 5) is 29.0. The van der Waals surface area contributed by atoms with Crippen LogP contribution in [0.25, 0.3) is 0 Å². The zero-order valence-corrected chi connectivity index (χ0v) is 26.5. The zero-order chi connectivity index (χ0) is 31.0. The predicted molar refractivity (Wildman–Crippen MR) is 170 cm³/mol. The molecule has 3 aromatic rings. The van der Waals surface area contributed by atoms with Crippen molar-refractivity contribution >= 4 is 39.1 Å². The third kappa shape index (κ3) is 8.30. The van der Waals surface area contributed by atoms with Gasteiger partial charge in [-0.3, -0.25) is 13.9 Å². The van der Waals surface area contributed by atoms with Gasteiger partial charge in [0.1, 0.15) is 18.3 Å². The fraction of sp³-hybridized carbons (Fsp3) is 0.394. The zero-order valence-electron chi connectivity index (χ0n) is 25.0. The summed E-state index contributed by atoms with van der Waals surface area (Å²) in [6.07, 6.45) is 5.61. The molecule has 1 fully saturated rings. The fourth-order valence-electron chi connectivity index (χ4n) is 5.32. The highest BCUT2D eigenvalue weighted by Gasteiger charge is 2.33. The Morgan fingerprint density at radius 2 is 1.67 bits per heavy atom. The van der Waals surface area contributed by atoms with Gasteiger partial charge in [-0.15, -0.1) is 0 Å². The first-order valence-electron chi connectivity index (χ1n) is 14.7. The van der Waals surface area contributed by atoms with Crippen LogP contribution in [0.3, 0.4) is 0 Å². The van der Waals surface area contributed by atoms with Crippen LogP contribution in [0.2, 0.25) is 5.02 Å². The number of carbonyl (C=O) groups excluding carboxylic acids is 2. The summed E-state index contributed by atoms with van der Waals surface area (Å²) in [7, 11) is -2.72. The first-order chi connectivity index (χ1) is 20.6. The van der Waals surface area contributed by atoms with Gasteiger partial charge in [-0.2, -0.15) is 0 Å². The van der Waals surface area contributed by atoms with Gasteiger partial charge in [0.05, 0.1) is 22.7 Å². The van der Waals surface area contributed by atoms with Crippen LogP contribution in [0.15, 0.2) is 77.7 Å². The monoisotopic (exact) mass is 625 g/mol. The van der Waals surface area contributed by atoms with Gasteiger partial charge in [-0.05, 0) is 69.0 Å². The first kappa shape index (κ1) is 32.4. The first-order valence-corrected chi connectivity index (χ1v) is 16.5. The number of anilines is 1. The molecule has 1 saturated carbocycles. The van der Waals surface area contributed by atoms with E-state index in [1.54, 1.807) is 31.2 Å². The number of hydrogen-bond acceptors (Lipinski definition) is 5. The highest BCUT2D eigenvalue weighted by atomic mass is 35.5. The van der Waals surface area contributed by atoms with Crippen LogP contribution in [-0.4, -0.2) is 57.4 Å². The lowest BCUT2D eigenvalue weighted by atomic mass is 9.95. The molecule has 0 unspecified atom stereocenters. The Morgan fingerprint density at radius 3 is 2.30 bits per heavy atom. The molecule has 1 atom stereocenters. The Labute approximate surface area is 260 Å². The predicted octanol–water partition coefficient (Wildman–Crippen LogP) is 5.76. The van der Waals surface area contributed by atoms with Gasteiger partial charge in [-0.1, -0.05) is 78.9 Å². The van der Waals surface area contributed by atoms with E-state index < -0.39 is 28.5 Å². The number of carbonyl (C=O) groups is 2. The van der Waals surface area contributed by atoms with Crippen LogP contribution in [0, 0.1) is 6.92 Å². The third-order valence-corrected chi connectivity index (χ3v) is 10.00. The molecule has 1 aliphatic carbocycles. The molecule has 0 aliphatic heterocycles. The van der Waals surface area contributed by atoms with Crippen molar-refractivity contribution in [3.63, 3.8) is 0 Å². The minimum Gasteiger partial charge on any atom is -0.495 e. The summed E-state index contributed by atoms with van der Waals surface area (Å²) in [5.41, 5.74) is 2.12. The standard InChI is InChI=1S/C33H40ClN3O5S/c1-24-14-17-29(18-15-24)43(40,41)37(28-16-19-31(42-3)30(34)22-28)23-32(38)36(21-20-26-10-6-4-7-11-26)25(2)33(39)35-27-12-8-5-9-13-27/h4,6-7,10-11,14-19,22,25,27H,5,8-9,12-13,20-21,23H2,1-3H3,(H,35,39)/t25-/m1/s1. The minimum absolute atomic E-state index is 0.0387. The van der Waals surface area contributed by atoms with Gasteiger partial charge in [0.2, 0.25) is 11.8 Å². The molecule has 2 amide bonds. The maximum absolute atomic E-state index is 14.1. The maximum atomic E-state index is 14.1. The van der Waals surface area contributed by atoms with E-state index in [1.165, 1.54) is 30.2 Å². The average Bonchev–Trinajstić information content (AvgIpc) is 3.01. The molecule has 4 rings (SSSR count). The molecule has 0 spiro atoms. The lowest BCUT2D eigenvalue weighted by Crippen LogP contribution is -2.53. The summed E-state index contributed by atoms with van der Waals surface area (Å²) in [6, 6.07) is 20.0. The molecule has 0 radical (unpaired) electrons. The Hall–Kier alpha value is -3.56. The van der Waals surface area contributed by atoms with E-state index in [2.05, 4.69) is 5.32 Å². The van der Waals surface area contributed by atoms with E-state index in [9.17, 15) is 18.0 Å². The Morgan fingerprint density at radius 1 is 1.00 bits per heavy atom. The van der Waals surface area contributed by atoms with Crippen LogP contribution < -0.4 is 14.4 Å². The van der Waals surface area contributed by atoms with Gasteiger partial charge < -0.3 is 15.0 Å². The largest absolute Gasteiger partial charge is 0.495 e. The number of rotatable bonds is 12. The molecule has 0 aromatic heterocycles. The summed E-state index contributed by atoms with van der Waals surface area (Å²) < 4.78 is 34.3. The molecule has 0 saturated heterocycles. The Balaban J connectivity index is 1.66. The van der Waals surface area contributed by atoms with Crippen LogP contribution in [-0.2, 0) is 26.0 Å². The van der Waals surface area contributed by atoms with Crippen LogP contribution in [0.1, 0.15) is 50.2 Å². The molecule has 0 bridgehead atoms. The second kappa shape index (κ2) is 14.8. The van der Waals surface area contributed by atoms with Crippen molar-refractivity contribution in [1.82, 2.24) is 10.2 Å². The minimum atomic E-state index is -4.19. The number of aryl methyl sites for hydroxylation is 1. The van der Waals surface area contributed by atoms with Crippen LogP contribution in [0.4, 0.5) is 5.69 Å². The molecule has 43 heavy (non-hydrogen) atoms. The number of nitrogens with zero attached hydrogens (tertiary/aromatic N) is 2. The number of hydrogen-bond donors (Lipinski definition) is 1. The number of ether oxygens (including phenoxy) is 1. The van der Waals surface area contributed by atoms with E-state index >= 15 is 0 Å². The van der Waals surface area contributed by atoms with Crippen molar-refractivity contribution in [2.75, 3.05) is 24.5 Å². The third-order valence-electron chi connectivity index (χ3n) is 7.91. The van der Waals surface area contributed by atoms with E-state index in [-0.39, 0.29) is 34.1 Å². The summed E-state index contributed by atoms with van der Waals surface area (Å²) in [5.74, 6) is -0.361. The summed E-state index contributed by atoms with van der Waals surface area (Å²) >= 11 is 6.40. The Kier molecular flexibility index (Phi) is 11.1. The van der Waals surface area contributed by atoms with Gasteiger partial charge >= 0.3 is 0 Å². The number of nitrogens with one attached hydrogen (secondary N) is 1. The SMILES string of the molecule is COc1ccc(N(CC(=O)N(CCc2ccccc2)[C@H](C)C(=O)NC2CCCCC2)S(=O)(=O)c2ccc(C)cc2)cc1Cl. The van der Waals surface area contributed by atoms with Crippen molar-refractivity contribution in [3.05, 3.63) is 88.9 Å². The summed E-state index contributed by atoms with van der Waals surface area (Å²) in [5, 5.41) is 3.33. The topological polar surface area (TPSA) is 96.0 Å². The van der Waals surface area contributed by atoms with Gasteiger partial charge in [0.25, 0.3) is 10.0 Å². The normalized spacial score (nSPS) is 14.5. The van der Waals surface area contributed by atoms with E-state index in [4.69, 9.17) is 16.3 Å². The molecule has 1 N–H and O–H groups in total. The molecule has 0 heterocycles. The summed E-state index contributed by atoms with van der Waals surface area (Å²) in [6.45, 7) is 3.29. The highest BCUT2D eigenvalue weighted by Crippen LogP contribution is 2.32. The molecular weight excluding hydrogens is 586 g/mol. The maximum Gasteiger partial charge on any atom is 0.264 e. The van der Waals surface area contributed by atoms with Crippen molar-refractivity contribution in [2.24, 2.45) is 0 Å². The highest BCUT2D eigenvalue weighted by molar-refractivity contribution is 7.92. The van der Waals surface area contributed by atoms with Crippen molar-refractivity contribution < 1.29 is 22.7 Å². The van der Waals surface area contributed by atoms with Crippen LogP contribution >= 0.6 is 11.6 Å². The molecule has 230 valence electrons. The second-order valence-electron chi connectivity index (χ2n) is 11.0. The number of amides is 2. The van der Waals surface area contributed by atoms with E-state index in [0.29, 0.717) is 12.2 Å². The lowest BCUT2D eigenvalue weighted by molar-refractivity contribution is -0.139. The fourth-order valence-corrected chi connectivity index (χ4v) is 6.97. The smallest absolute Gasteiger partial charge is 0.264 e. The van der Waals surface area contributed by atoms with Gasteiger partial charge in [0.15, 0.2) is 0 Å². The average molecular weight is 626 g/mol. The van der Waals surface area contributed by atoms with Crippen LogP contribution in [0.5, 0.6) is 5.75 Å². The second-order valence-corrected chi connectivity index (χ2v) is 13.3. The number of methoxy groups -OCH3 is 1. The van der Waals surface area contributed by atoms with Gasteiger partial charge in [0, 0.05) is 12.6 Å². The van der Waals surface area contributed by atoms with Gasteiger partial charge in [-0.25, -0.2) is 8.42 Å². The Bertz CT molecular complexity index is 1490. The molecule has 1 aliphatic rings. The molecule has 10 heteroatoms. The number of benzene rings is 3. The molecular formula is C33H40ClN3O5S.